The number of nitrogens with one attached hydrogen (secondary N) is 1. The van der Waals surface area contributed by atoms with Crippen LogP contribution < -0.4 is 4.74 Å². The van der Waals surface area contributed by atoms with Gasteiger partial charge >= 0.3 is 0 Å². The van der Waals surface area contributed by atoms with Crippen LogP contribution in [0.2, 0.25) is 0 Å². The van der Waals surface area contributed by atoms with Crippen LogP contribution in [0.15, 0.2) is 30.5 Å². The molecule has 1 aliphatic heterocycles. The van der Waals surface area contributed by atoms with E-state index in [2.05, 4.69) is 41.1 Å². The van der Waals surface area contributed by atoms with E-state index < -0.39 is 0 Å². The summed E-state index contributed by atoms with van der Waals surface area (Å²) in [6, 6.07) is 8.16. The molecule has 1 aromatic carbocycles. The molecule has 1 fully saturated rings. The number of methoxy groups -OCH3 is 1. The van der Waals surface area contributed by atoms with Gasteiger partial charge in [-0.1, -0.05) is 17.7 Å². The molecular formula is C18H25N3O2. The average molecular weight is 315 g/mol. The topological polar surface area (TPSA) is 50.4 Å². The SMILES string of the molecule is CO[C@]1(COc2ccc(C)cc2)CCN(Cc2cn[nH]c2C)C1. The number of aryl methyl sites for hydroxylation is 2. The van der Waals surface area contributed by atoms with Gasteiger partial charge in [-0.2, -0.15) is 5.10 Å². The fourth-order valence-corrected chi connectivity index (χ4v) is 3.03. The molecule has 5 heteroatoms. The molecule has 1 aromatic heterocycles. The van der Waals surface area contributed by atoms with Crippen molar-refractivity contribution in [1.82, 2.24) is 15.1 Å². The molecule has 0 bridgehead atoms. The predicted molar refractivity (Wildman–Crippen MR) is 89.6 cm³/mol. The average Bonchev–Trinajstić information content (AvgIpc) is 3.15. The number of aromatic amines is 1. The fraction of sp³-hybridized carbons (Fsp3) is 0.500. The highest BCUT2D eigenvalue weighted by Gasteiger charge is 2.39. The van der Waals surface area contributed by atoms with E-state index in [0.717, 1.165) is 37.5 Å². The third-order valence-corrected chi connectivity index (χ3v) is 4.68. The van der Waals surface area contributed by atoms with Crippen LogP contribution in [-0.4, -0.2) is 47.5 Å². The summed E-state index contributed by atoms with van der Waals surface area (Å²) in [5, 5.41) is 7.09. The first-order valence-corrected chi connectivity index (χ1v) is 8.06. The summed E-state index contributed by atoms with van der Waals surface area (Å²) < 4.78 is 11.8. The van der Waals surface area contributed by atoms with Gasteiger partial charge in [-0.25, -0.2) is 0 Å². The van der Waals surface area contributed by atoms with Gasteiger partial charge < -0.3 is 9.47 Å². The van der Waals surface area contributed by atoms with E-state index in [-0.39, 0.29) is 5.60 Å². The highest BCUT2D eigenvalue weighted by Crippen LogP contribution is 2.27. The van der Waals surface area contributed by atoms with E-state index >= 15 is 0 Å². The molecule has 124 valence electrons. The maximum Gasteiger partial charge on any atom is 0.119 e. The summed E-state index contributed by atoms with van der Waals surface area (Å²) in [7, 11) is 1.78. The first-order chi connectivity index (χ1) is 11.1. The number of hydrogen-bond donors (Lipinski definition) is 1. The van der Waals surface area contributed by atoms with Crippen molar-refractivity contribution in [2.75, 3.05) is 26.8 Å². The lowest BCUT2D eigenvalue weighted by molar-refractivity contribution is -0.0359. The van der Waals surface area contributed by atoms with Gasteiger partial charge in [-0.05, 0) is 32.4 Å². The Morgan fingerprint density at radius 2 is 2.04 bits per heavy atom. The largest absolute Gasteiger partial charge is 0.491 e. The van der Waals surface area contributed by atoms with Crippen molar-refractivity contribution in [1.29, 1.82) is 0 Å². The second kappa shape index (κ2) is 6.72. The minimum Gasteiger partial charge on any atom is -0.491 e. The van der Waals surface area contributed by atoms with Gasteiger partial charge in [-0.3, -0.25) is 10.00 Å². The van der Waals surface area contributed by atoms with Crippen molar-refractivity contribution in [3.8, 4) is 5.75 Å². The number of nitrogens with zero attached hydrogens (tertiary/aromatic N) is 2. The van der Waals surface area contributed by atoms with Gasteiger partial charge in [0.2, 0.25) is 0 Å². The Morgan fingerprint density at radius 1 is 1.26 bits per heavy atom. The van der Waals surface area contributed by atoms with Crippen LogP contribution in [0.1, 0.15) is 23.2 Å². The van der Waals surface area contributed by atoms with Crippen molar-refractivity contribution >= 4 is 0 Å². The van der Waals surface area contributed by atoms with E-state index in [0.29, 0.717) is 6.61 Å². The molecule has 0 saturated carbocycles. The summed E-state index contributed by atoms with van der Waals surface area (Å²) in [6.45, 7) is 7.50. The number of rotatable bonds is 6. The summed E-state index contributed by atoms with van der Waals surface area (Å²) in [6.07, 6.45) is 2.89. The molecule has 23 heavy (non-hydrogen) atoms. The zero-order valence-electron chi connectivity index (χ0n) is 14.1. The Morgan fingerprint density at radius 3 is 2.70 bits per heavy atom. The Kier molecular flexibility index (Phi) is 4.68. The van der Waals surface area contributed by atoms with E-state index in [1.807, 2.05) is 18.3 Å². The summed E-state index contributed by atoms with van der Waals surface area (Å²) in [5.41, 5.74) is 3.39. The normalized spacial score (nSPS) is 21.7. The van der Waals surface area contributed by atoms with Gasteiger partial charge in [0.05, 0.1) is 6.20 Å². The second-order valence-corrected chi connectivity index (χ2v) is 6.47. The molecule has 1 N–H and O–H groups in total. The van der Waals surface area contributed by atoms with Crippen LogP contribution in [0.25, 0.3) is 0 Å². The number of benzene rings is 1. The maximum absolute atomic E-state index is 5.98. The van der Waals surface area contributed by atoms with Crippen LogP contribution in [0.4, 0.5) is 0 Å². The molecule has 0 aliphatic carbocycles. The standard InChI is InChI=1S/C18H25N3O2/c1-14-4-6-17(7-5-14)23-13-18(22-3)8-9-21(12-18)11-16-10-19-20-15(16)2/h4-7,10H,8-9,11-13H2,1-3H3,(H,19,20)/t18-/m1/s1. The minimum atomic E-state index is -0.234. The Labute approximate surface area is 137 Å². The second-order valence-electron chi connectivity index (χ2n) is 6.47. The molecule has 0 amide bonds. The Balaban J connectivity index is 1.58. The first kappa shape index (κ1) is 16.0. The number of ether oxygens (including phenoxy) is 2. The smallest absolute Gasteiger partial charge is 0.119 e. The summed E-state index contributed by atoms with van der Waals surface area (Å²) in [4.78, 5) is 2.40. The van der Waals surface area contributed by atoms with E-state index in [1.54, 1.807) is 7.11 Å². The fourth-order valence-electron chi connectivity index (χ4n) is 3.03. The van der Waals surface area contributed by atoms with E-state index in [1.165, 1.54) is 11.1 Å². The highest BCUT2D eigenvalue weighted by atomic mass is 16.5. The monoisotopic (exact) mass is 315 g/mol. The molecular weight excluding hydrogens is 290 g/mol. The van der Waals surface area contributed by atoms with Gasteiger partial charge in [0.25, 0.3) is 0 Å². The zero-order chi connectivity index (χ0) is 16.3. The highest BCUT2D eigenvalue weighted by molar-refractivity contribution is 5.26. The van der Waals surface area contributed by atoms with Gasteiger partial charge in [-0.15, -0.1) is 0 Å². The molecule has 2 heterocycles. The maximum atomic E-state index is 5.98. The summed E-state index contributed by atoms with van der Waals surface area (Å²) in [5.74, 6) is 0.899. The minimum absolute atomic E-state index is 0.234. The van der Waals surface area contributed by atoms with Crippen LogP contribution in [0.5, 0.6) is 5.75 Å². The molecule has 1 saturated heterocycles. The van der Waals surface area contributed by atoms with Gasteiger partial charge in [0, 0.05) is 38.0 Å². The Hall–Kier alpha value is -1.85. The lowest BCUT2D eigenvalue weighted by Crippen LogP contribution is -2.41. The van der Waals surface area contributed by atoms with Crippen molar-refractivity contribution in [2.24, 2.45) is 0 Å². The molecule has 5 nitrogen and oxygen atoms in total. The quantitative estimate of drug-likeness (QED) is 0.890. The molecule has 3 rings (SSSR count). The van der Waals surface area contributed by atoms with Crippen molar-refractivity contribution in [3.63, 3.8) is 0 Å². The molecule has 0 spiro atoms. The molecule has 1 atom stereocenters. The van der Waals surface area contributed by atoms with Crippen molar-refractivity contribution < 1.29 is 9.47 Å². The van der Waals surface area contributed by atoms with Crippen molar-refractivity contribution in [2.45, 2.75) is 32.4 Å². The number of likely N-dealkylation sites (tertiary alicyclic amines) is 1. The van der Waals surface area contributed by atoms with Crippen LogP contribution in [0, 0.1) is 13.8 Å². The predicted octanol–water partition coefficient (Wildman–Crippen LogP) is 2.70. The molecule has 2 aromatic rings. The molecule has 0 radical (unpaired) electrons. The molecule has 1 aliphatic rings. The lowest BCUT2D eigenvalue weighted by atomic mass is 10.0. The first-order valence-electron chi connectivity index (χ1n) is 8.06. The lowest BCUT2D eigenvalue weighted by Gasteiger charge is -2.28. The summed E-state index contributed by atoms with van der Waals surface area (Å²) >= 11 is 0. The number of hydrogen-bond acceptors (Lipinski definition) is 4. The Bertz CT molecular complexity index is 638. The van der Waals surface area contributed by atoms with Gasteiger partial charge in [0.1, 0.15) is 18.0 Å². The third kappa shape index (κ3) is 3.74. The van der Waals surface area contributed by atoms with Crippen LogP contribution in [-0.2, 0) is 11.3 Å². The van der Waals surface area contributed by atoms with Gasteiger partial charge in [0.15, 0.2) is 0 Å². The third-order valence-electron chi connectivity index (χ3n) is 4.68. The molecule has 0 unspecified atom stereocenters. The van der Waals surface area contributed by atoms with Crippen LogP contribution in [0.3, 0.4) is 0 Å². The van der Waals surface area contributed by atoms with E-state index in [4.69, 9.17) is 9.47 Å². The van der Waals surface area contributed by atoms with Crippen LogP contribution >= 0.6 is 0 Å². The number of aromatic nitrogens is 2. The van der Waals surface area contributed by atoms with E-state index in [9.17, 15) is 0 Å². The van der Waals surface area contributed by atoms with Crippen molar-refractivity contribution in [3.05, 3.63) is 47.3 Å². The zero-order valence-corrected chi connectivity index (χ0v) is 14.1. The number of H-pyrrole nitrogens is 1.